The lowest BCUT2D eigenvalue weighted by atomic mass is 9.92. The van der Waals surface area contributed by atoms with Gasteiger partial charge < -0.3 is 9.13 Å². The predicted molar refractivity (Wildman–Crippen MR) is 240 cm³/mol. The zero-order chi connectivity index (χ0) is 39.8. The molecule has 0 spiro atoms. The summed E-state index contributed by atoms with van der Waals surface area (Å²) in [5, 5.41) is 4.73. The zero-order valence-corrected chi connectivity index (χ0v) is 32.4. The highest BCUT2D eigenvalue weighted by molar-refractivity contribution is 6.34. The third kappa shape index (κ3) is 5.27. The van der Waals surface area contributed by atoms with Crippen LogP contribution in [0.1, 0.15) is 43.0 Å². The summed E-state index contributed by atoms with van der Waals surface area (Å²) < 4.78 is 4.74. The molecular weight excluding hydrogens is 723 g/mol. The van der Waals surface area contributed by atoms with Crippen molar-refractivity contribution in [1.29, 1.82) is 0 Å². The van der Waals surface area contributed by atoms with E-state index in [2.05, 4.69) is 150 Å². The normalized spacial score (nSPS) is 12.5. The number of nitrogens with zero attached hydrogens (tertiary/aromatic N) is 3. The summed E-state index contributed by atoms with van der Waals surface area (Å²) in [6.07, 6.45) is 0. The molecule has 0 bridgehead atoms. The van der Waals surface area contributed by atoms with Crippen LogP contribution in [0.25, 0.3) is 66.1 Å². The molecule has 0 saturated carbocycles. The number of aryl methyl sites for hydroxylation is 2. The molecule has 2 aromatic heterocycles. The van der Waals surface area contributed by atoms with Crippen molar-refractivity contribution < 1.29 is 9.59 Å². The maximum atomic E-state index is 13.7. The number of aromatic nitrogens is 2. The lowest BCUT2D eigenvalue weighted by molar-refractivity contribution is 0.0926. The highest BCUT2D eigenvalue weighted by atomic mass is 16.2. The largest absolute Gasteiger partial charge is 0.309 e. The average molecular weight is 758 g/mol. The van der Waals surface area contributed by atoms with Crippen molar-refractivity contribution in [2.45, 2.75) is 13.8 Å². The summed E-state index contributed by atoms with van der Waals surface area (Å²) in [5.74, 6) is 6.58. The van der Waals surface area contributed by atoms with Crippen molar-refractivity contribution in [3.8, 4) is 34.3 Å². The van der Waals surface area contributed by atoms with Crippen LogP contribution in [0.2, 0.25) is 0 Å². The number of carbonyl (C=O) groups excluding carboxylic acids is 2. The second-order valence-corrected chi connectivity index (χ2v) is 15.2. The molecule has 8 aromatic carbocycles. The second-order valence-electron chi connectivity index (χ2n) is 15.2. The first-order valence-electron chi connectivity index (χ1n) is 19.8. The summed E-state index contributed by atoms with van der Waals surface area (Å²) in [7, 11) is 0. The summed E-state index contributed by atoms with van der Waals surface area (Å²) in [4.78, 5) is 28.4. The first-order valence-corrected chi connectivity index (χ1v) is 19.8. The van der Waals surface area contributed by atoms with E-state index in [0.29, 0.717) is 16.8 Å². The maximum absolute atomic E-state index is 13.7. The Morgan fingerprint density at radius 3 is 1.71 bits per heavy atom. The van der Waals surface area contributed by atoms with E-state index < -0.39 is 0 Å². The van der Waals surface area contributed by atoms with Crippen LogP contribution in [0.15, 0.2) is 176 Å². The molecule has 5 nitrogen and oxygen atoms in total. The SMILES string of the molecule is Cc1cccc(-n2c3ccccc3c3cc4c(cc32)c2ccccc2n4-c2ccccc2)c1C#Cc1cccc(C)c1-c1ccc2c(c1)C(=O)N(c1ccccc1)C2=O. The van der Waals surface area contributed by atoms with Gasteiger partial charge in [0.25, 0.3) is 11.8 Å². The van der Waals surface area contributed by atoms with Gasteiger partial charge in [-0.2, -0.15) is 0 Å². The van der Waals surface area contributed by atoms with Crippen molar-refractivity contribution in [3.63, 3.8) is 0 Å². The minimum atomic E-state index is -0.322. The van der Waals surface area contributed by atoms with Gasteiger partial charge in [-0.1, -0.05) is 115 Å². The molecule has 0 radical (unpaired) electrons. The summed E-state index contributed by atoms with van der Waals surface area (Å²) in [6, 6.07) is 59.7. The van der Waals surface area contributed by atoms with Crippen LogP contribution < -0.4 is 4.90 Å². The molecule has 10 aromatic rings. The van der Waals surface area contributed by atoms with E-state index in [0.717, 1.165) is 61.3 Å². The Hall–Kier alpha value is -7.94. The smallest absolute Gasteiger partial charge is 0.266 e. The van der Waals surface area contributed by atoms with Crippen LogP contribution in [0, 0.1) is 25.7 Å². The molecule has 5 heteroatoms. The number of amides is 2. The quantitative estimate of drug-likeness (QED) is 0.133. The van der Waals surface area contributed by atoms with Gasteiger partial charge >= 0.3 is 0 Å². The van der Waals surface area contributed by atoms with Crippen LogP contribution in [0.3, 0.4) is 0 Å². The number of carbonyl (C=O) groups is 2. The number of hydrogen-bond donors (Lipinski definition) is 0. The van der Waals surface area contributed by atoms with Crippen LogP contribution in [-0.4, -0.2) is 20.9 Å². The molecule has 0 N–H and O–H groups in total. The molecule has 1 aliphatic heterocycles. The number of benzene rings is 8. The molecule has 0 fully saturated rings. The first-order chi connectivity index (χ1) is 29.0. The molecule has 278 valence electrons. The Morgan fingerprint density at radius 1 is 0.424 bits per heavy atom. The zero-order valence-electron chi connectivity index (χ0n) is 32.4. The van der Waals surface area contributed by atoms with Gasteiger partial charge in [0.1, 0.15) is 0 Å². The number of para-hydroxylation sites is 4. The Bertz CT molecular complexity index is 3450. The van der Waals surface area contributed by atoms with E-state index >= 15 is 0 Å². The molecular formula is C54H35N3O2. The number of fused-ring (bicyclic) bond motifs is 7. The van der Waals surface area contributed by atoms with E-state index in [-0.39, 0.29) is 11.8 Å². The van der Waals surface area contributed by atoms with Gasteiger partial charge in [0, 0.05) is 38.4 Å². The van der Waals surface area contributed by atoms with E-state index in [1.807, 2.05) is 42.5 Å². The average Bonchev–Trinajstić information content (AvgIpc) is 3.86. The minimum Gasteiger partial charge on any atom is -0.309 e. The lowest BCUT2D eigenvalue weighted by Crippen LogP contribution is -2.29. The van der Waals surface area contributed by atoms with Crippen LogP contribution in [-0.2, 0) is 0 Å². The number of imide groups is 1. The van der Waals surface area contributed by atoms with Gasteiger partial charge in [0.15, 0.2) is 0 Å². The molecule has 11 rings (SSSR count). The summed E-state index contributed by atoms with van der Waals surface area (Å²) in [5.41, 5.74) is 13.7. The molecule has 3 heterocycles. The van der Waals surface area contributed by atoms with Crippen LogP contribution in [0.5, 0.6) is 0 Å². The molecule has 1 aliphatic rings. The van der Waals surface area contributed by atoms with Gasteiger partial charge in [-0.15, -0.1) is 0 Å². The number of anilines is 1. The summed E-state index contributed by atoms with van der Waals surface area (Å²) in [6.45, 7) is 4.18. The van der Waals surface area contributed by atoms with E-state index in [4.69, 9.17) is 0 Å². The third-order valence-electron chi connectivity index (χ3n) is 11.8. The van der Waals surface area contributed by atoms with Crippen molar-refractivity contribution in [2.24, 2.45) is 0 Å². The highest BCUT2D eigenvalue weighted by Crippen LogP contribution is 2.40. The number of hydrogen-bond acceptors (Lipinski definition) is 2. The maximum Gasteiger partial charge on any atom is 0.266 e. The second kappa shape index (κ2) is 13.3. The van der Waals surface area contributed by atoms with Crippen LogP contribution in [0.4, 0.5) is 5.69 Å². The highest BCUT2D eigenvalue weighted by Gasteiger charge is 2.37. The topological polar surface area (TPSA) is 47.2 Å². The monoisotopic (exact) mass is 757 g/mol. The molecule has 0 atom stereocenters. The van der Waals surface area contributed by atoms with Gasteiger partial charge in [-0.05, 0) is 103 Å². The Kier molecular flexibility index (Phi) is 7.76. The fourth-order valence-corrected chi connectivity index (χ4v) is 9.04. The minimum absolute atomic E-state index is 0.313. The molecule has 0 unspecified atom stereocenters. The molecule has 0 saturated heterocycles. The standard InChI is InChI=1S/C54H35N3O2/c1-34-15-14-26-47(40(34)29-27-36-17-13-16-35(2)52(36)37-28-30-43-46(31-37)54(59)56(53(43)58)39-20-7-4-8-21-39)57-49-25-12-10-23-42(49)45-32-50-44(33-51(45)57)41-22-9-11-24-48(41)55(50)38-18-5-3-6-19-38/h3-26,28,30-33H,1-2H3. The van der Waals surface area contributed by atoms with Gasteiger partial charge in [-0.25, -0.2) is 4.90 Å². The molecule has 59 heavy (non-hydrogen) atoms. The van der Waals surface area contributed by atoms with Gasteiger partial charge in [0.2, 0.25) is 0 Å². The lowest BCUT2D eigenvalue weighted by Gasteiger charge is -2.13. The summed E-state index contributed by atoms with van der Waals surface area (Å²) >= 11 is 0. The van der Waals surface area contributed by atoms with Crippen molar-refractivity contribution in [2.75, 3.05) is 4.90 Å². The van der Waals surface area contributed by atoms with Crippen molar-refractivity contribution in [3.05, 3.63) is 209 Å². The van der Waals surface area contributed by atoms with E-state index in [1.165, 1.54) is 32.0 Å². The van der Waals surface area contributed by atoms with Crippen molar-refractivity contribution >= 4 is 61.1 Å². The molecule has 0 aliphatic carbocycles. The third-order valence-corrected chi connectivity index (χ3v) is 11.8. The first kappa shape index (κ1) is 34.3. The van der Waals surface area contributed by atoms with Crippen LogP contribution >= 0.6 is 0 Å². The van der Waals surface area contributed by atoms with E-state index in [1.54, 1.807) is 18.2 Å². The fourth-order valence-electron chi connectivity index (χ4n) is 9.04. The molecule has 2 amide bonds. The Morgan fingerprint density at radius 2 is 1.00 bits per heavy atom. The van der Waals surface area contributed by atoms with Crippen molar-refractivity contribution in [1.82, 2.24) is 9.13 Å². The Labute approximate surface area is 341 Å². The van der Waals surface area contributed by atoms with E-state index in [9.17, 15) is 9.59 Å². The van der Waals surface area contributed by atoms with Gasteiger partial charge in [0.05, 0.1) is 50.1 Å². The number of rotatable bonds is 4. The fraction of sp³-hybridized carbons (Fsp3) is 0.0370. The predicted octanol–water partition coefficient (Wildman–Crippen LogP) is 12.4. The Balaban J connectivity index is 1.08. The van der Waals surface area contributed by atoms with Gasteiger partial charge in [-0.3, -0.25) is 9.59 Å².